The average molecular weight is 478 g/mol. The first-order valence-corrected chi connectivity index (χ1v) is 11.9. The Hall–Kier alpha value is -2.91. The zero-order valence-electron chi connectivity index (χ0n) is 17.7. The molecule has 1 aliphatic heterocycles. The molecule has 0 aliphatic carbocycles. The van der Waals surface area contributed by atoms with Gasteiger partial charge in [0.25, 0.3) is 11.8 Å². The Morgan fingerprint density at radius 3 is 1.97 bits per heavy atom. The lowest BCUT2D eigenvalue weighted by molar-refractivity contribution is -0.138. The highest BCUT2D eigenvalue weighted by Gasteiger charge is 2.39. The van der Waals surface area contributed by atoms with Gasteiger partial charge in [-0.15, -0.1) is 0 Å². The Morgan fingerprint density at radius 1 is 0.906 bits per heavy atom. The van der Waals surface area contributed by atoms with Crippen LogP contribution in [0.3, 0.4) is 0 Å². The van der Waals surface area contributed by atoms with Gasteiger partial charge in [0.1, 0.15) is 0 Å². The van der Waals surface area contributed by atoms with Gasteiger partial charge in [-0.25, -0.2) is 8.42 Å². The number of rotatable bonds is 5. The van der Waals surface area contributed by atoms with E-state index in [0.717, 1.165) is 5.56 Å². The van der Waals surface area contributed by atoms with Crippen molar-refractivity contribution in [1.29, 1.82) is 0 Å². The van der Waals surface area contributed by atoms with Gasteiger partial charge in [0.2, 0.25) is 21.1 Å². The highest BCUT2D eigenvalue weighted by atomic mass is 35.5. The van der Waals surface area contributed by atoms with Crippen LogP contribution in [0.4, 0.5) is 0 Å². The number of amides is 3. The summed E-state index contributed by atoms with van der Waals surface area (Å²) in [7, 11) is -4.27. The molecule has 10 heteroatoms. The monoisotopic (exact) mass is 477 g/mol. The Kier molecular flexibility index (Phi) is 7.20. The van der Waals surface area contributed by atoms with Gasteiger partial charge in [-0.2, -0.15) is 0 Å². The lowest BCUT2D eigenvalue weighted by Gasteiger charge is -2.36. The average Bonchev–Trinajstić information content (AvgIpc) is 2.77. The number of hydrogen-bond acceptors (Lipinski definition) is 5. The van der Waals surface area contributed by atoms with Crippen molar-refractivity contribution < 1.29 is 22.8 Å². The third-order valence-corrected chi connectivity index (χ3v) is 7.41. The van der Waals surface area contributed by atoms with E-state index < -0.39 is 27.0 Å². The van der Waals surface area contributed by atoms with Gasteiger partial charge < -0.3 is 15.1 Å². The summed E-state index contributed by atoms with van der Waals surface area (Å²) in [4.78, 5) is 40.5. The van der Waals surface area contributed by atoms with E-state index in [1.165, 1.54) is 36.1 Å². The second kappa shape index (κ2) is 9.70. The predicted molar refractivity (Wildman–Crippen MR) is 120 cm³/mol. The van der Waals surface area contributed by atoms with E-state index >= 15 is 0 Å². The molecular weight excluding hydrogens is 454 g/mol. The minimum atomic E-state index is -4.27. The van der Waals surface area contributed by atoms with Crippen molar-refractivity contribution in [2.45, 2.75) is 24.1 Å². The van der Waals surface area contributed by atoms with Crippen LogP contribution in [0.5, 0.6) is 0 Å². The fourth-order valence-corrected chi connectivity index (χ4v) is 4.94. The van der Waals surface area contributed by atoms with Gasteiger partial charge in [-0.3, -0.25) is 14.4 Å². The standard InChI is InChI=1S/C22H24ClN3O5S/c1-15-3-5-17(6-4-15)20(28)24-21(32(30,31)19-9-7-18(23)8-10-19)22(29)26-13-11-25(12-14-26)16(2)27/h3-10,21H,11-14H2,1-2H3,(H,24,28). The van der Waals surface area contributed by atoms with Crippen molar-refractivity contribution in [2.75, 3.05) is 26.2 Å². The Balaban J connectivity index is 1.90. The number of nitrogens with one attached hydrogen (secondary N) is 1. The molecule has 1 unspecified atom stereocenters. The largest absolute Gasteiger partial charge is 0.339 e. The normalized spacial score (nSPS) is 15.2. The minimum absolute atomic E-state index is 0.116. The third kappa shape index (κ3) is 5.28. The summed E-state index contributed by atoms with van der Waals surface area (Å²) in [5.41, 5.74) is 1.17. The summed E-state index contributed by atoms with van der Waals surface area (Å²) in [6, 6.07) is 12.0. The van der Waals surface area contributed by atoms with Crippen LogP contribution in [0.1, 0.15) is 22.8 Å². The molecular formula is C22H24ClN3O5S. The molecule has 2 aromatic rings. The molecule has 3 amide bonds. The molecule has 0 radical (unpaired) electrons. The number of carbonyl (C=O) groups excluding carboxylic acids is 3. The van der Waals surface area contributed by atoms with Gasteiger partial charge >= 0.3 is 0 Å². The van der Waals surface area contributed by atoms with Crippen LogP contribution >= 0.6 is 11.6 Å². The summed E-state index contributed by atoms with van der Waals surface area (Å²) in [6.45, 7) is 4.23. The van der Waals surface area contributed by atoms with Gasteiger partial charge in [-0.1, -0.05) is 29.3 Å². The first-order valence-electron chi connectivity index (χ1n) is 10.0. The molecule has 0 spiro atoms. The smallest absolute Gasteiger partial charge is 0.261 e. The van der Waals surface area contributed by atoms with E-state index in [1.807, 2.05) is 6.92 Å². The molecule has 0 aromatic heterocycles. The number of aryl methyl sites for hydroxylation is 1. The number of halogens is 1. The first-order chi connectivity index (χ1) is 15.1. The summed E-state index contributed by atoms with van der Waals surface area (Å²) in [5, 5.41) is 0.931. The summed E-state index contributed by atoms with van der Waals surface area (Å²) < 4.78 is 26.7. The van der Waals surface area contributed by atoms with Crippen molar-refractivity contribution in [2.24, 2.45) is 0 Å². The lowest BCUT2D eigenvalue weighted by Crippen LogP contribution is -2.57. The fraction of sp³-hybridized carbons (Fsp3) is 0.318. The van der Waals surface area contributed by atoms with Crippen molar-refractivity contribution in [3.05, 3.63) is 64.7 Å². The quantitative estimate of drug-likeness (QED) is 0.708. The van der Waals surface area contributed by atoms with E-state index in [0.29, 0.717) is 18.1 Å². The van der Waals surface area contributed by atoms with Crippen LogP contribution in [-0.2, 0) is 19.4 Å². The lowest BCUT2D eigenvalue weighted by atomic mass is 10.1. The summed E-state index contributed by atoms with van der Waals surface area (Å²) in [6.07, 6.45) is 0. The Bertz CT molecular complexity index is 1110. The molecule has 32 heavy (non-hydrogen) atoms. The molecule has 1 aliphatic rings. The van der Waals surface area contributed by atoms with Crippen molar-refractivity contribution in [3.8, 4) is 0 Å². The summed E-state index contributed by atoms with van der Waals surface area (Å²) >= 11 is 5.87. The first kappa shape index (κ1) is 23.7. The topological polar surface area (TPSA) is 104 Å². The van der Waals surface area contributed by atoms with Crippen LogP contribution in [0.25, 0.3) is 0 Å². The molecule has 1 fully saturated rings. The molecule has 1 saturated heterocycles. The van der Waals surface area contributed by atoms with Gasteiger partial charge in [-0.05, 0) is 43.3 Å². The number of carbonyl (C=O) groups is 3. The maximum absolute atomic E-state index is 13.4. The third-order valence-electron chi connectivity index (χ3n) is 5.29. The van der Waals surface area contributed by atoms with Crippen LogP contribution in [0.15, 0.2) is 53.4 Å². The Morgan fingerprint density at radius 2 is 1.44 bits per heavy atom. The van der Waals surface area contributed by atoms with E-state index in [9.17, 15) is 22.8 Å². The molecule has 3 rings (SSSR count). The maximum Gasteiger partial charge on any atom is 0.261 e. The highest BCUT2D eigenvalue weighted by molar-refractivity contribution is 7.92. The van der Waals surface area contributed by atoms with E-state index in [-0.39, 0.29) is 29.5 Å². The number of nitrogens with zero attached hydrogens (tertiary/aromatic N) is 2. The molecule has 8 nitrogen and oxygen atoms in total. The second-order valence-corrected chi connectivity index (χ2v) is 10.0. The predicted octanol–water partition coefficient (Wildman–Crippen LogP) is 1.87. The van der Waals surface area contributed by atoms with Gasteiger partial charge in [0.15, 0.2) is 0 Å². The summed E-state index contributed by atoms with van der Waals surface area (Å²) in [5.74, 6) is -1.54. The number of piperazine rings is 1. The number of hydrogen-bond donors (Lipinski definition) is 1. The molecule has 1 atom stereocenters. The van der Waals surface area contributed by atoms with Crippen LogP contribution < -0.4 is 5.32 Å². The fourth-order valence-electron chi connectivity index (χ4n) is 3.35. The molecule has 1 heterocycles. The van der Waals surface area contributed by atoms with E-state index in [1.54, 1.807) is 29.2 Å². The minimum Gasteiger partial charge on any atom is -0.339 e. The molecule has 170 valence electrons. The SMILES string of the molecule is CC(=O)N1CCN(C(=O)C(NC(=O)c2ccc(C)cc2)S(=O)(=O)c2ccc(Cl)cc2)CC1. The molecule has 2 aromatic carbocycles. The van der Waals surface area contributed by atoms with Crippen molar-refractivity contribution in [1.82, 2.24) is 15.1 Å². The molecule has 0 saturated carbocycles. The Labute approximate surface area is 192 Å². The van der Waals surface area contributed by atoms with Crippen LogP contribution in [-0.4, -0.2) is 67.5 Å². The zero-order valence-corrected chi connectivity index (χ0v) is 19.3. The number of sulfone groups is 1. The maximum atomic E-state index is 13.4. The highest BCUT2D eigenvalue weighted by Crippen LogP contribution is 2.20. The number of benzene rings is 2. The van der Waals surface area contributed by atoms with E-state index in [2.05, 4.69) is 5.32 Å². The van der Waals surface area contributed by atoms with Crippen molar-refractivity contribution in [3.63, 3.8) is 0 Å². The molecule has 0 bridgehead atoms. The van der Waals surface area contributed by atoms with Crippen LogP contribution in [0.2, 0.25) is 5.02 Å². The van der Waals surface area contributed by atoms with Crippen molar-refractivity contribution >= 4 is 39.2 Å². The van der Waals surface area contributed by atoms with Gasteiger partial charge in [0.05, 0.1) is 4.90 Å². The second-order valence-electron chi connectivity index (χ2n) is 7.55. The zero-order chi connectivity index (χ0) is 23.5. The van der Waals surface area contributed by atoms with Crippen LogP contribution in [0, 0.1) is 6.92 Å². The van der Waals surface area contributed by atoms with Gasteiger partial charge in [0, 0.05) is 43.7 Å². The van der Waals surface area contributed by atoms with E-state index in [4.69, 9.17) is 11.6 Å². The molecule has 1 N–H and O–H groups in total.